The molecule has 2 N–H and O–H groups in total. The van der Waals surface area contributed by atoms with Crippen molar-refractivity contribution in [3.63, 3.8) is 0 Å². The van der Waals surface area contributed by atoms with E-state index in [0.717, 1.165) is 16.9 Å². The number of hydrogen-bond donors (Lipinski definition) is 2. The van der Waals surface area contributed by atoms with Gasteiger partial charge in [0.1, 0.15) is 6.61 Å². The molecule has 7 nitrogen and oxygen atoms in total. The molecule has 1 heterocycles. The van der Waals surface area contributed by atoms with Gasteiger partial charge in [0.25, 0.3) is 0 Å². The molecule has 3 aromatic rings. The SMILES string of the molecule is O=C(CCCNC(=O)OCc1ccccc1)NCCc1ccn(-c2ccccc2)n1. The fourth-order valence-corrected chi connectivity index (χ4v) is 2.85. The van der Waals surface area contributed by atoms with Crippen molar-refractivity contribution >= 4 is 12.0 Å². The van der Waals surface area contributed by atoms with Crippen LogP contribution in [0.25, 0.3) is 5.69 Å². The third kappa shape index (κ3) is 7.09. The summed E-state index contributed by atoms with van der Waals surface area (Å²) in [5.74, 6) is -0.0445. The van der Waals surface area contributed by atoms with Gasteiger partial charge in [0.15, 0.2) is 0 Å². The summed E-state index contributed by atoms with van der Waals surface area (Å²) in [5, 5.41) is 10.1. The molecule has 0 aliphatic heterocycles. The molecule has 2 aromatic carbocycles. The van der Waals surface area contributed by atoms with Crippen LogP contribution in [0, 0.1) is 0 Å². The van der Waals surface area contributed by atoms with Crippen molar-refractivity contribution in [2.24, 2.45) is 0 Å². The normalized spacial score (nSPS) is 10.4. The average Bonchev–Trinajstić information content (AvgIpc) is 3.26. The fraction of sp³-hybridized carbons (Fsp3) is 0.261. The Morgan fingerprint density at radius 2 is 1.63 bits per heavy atom. The fourth-order valence-electron chi connectivity index (χ4n) is 2.85. The van der Waals surface area contributed by atoms with Crippen molar-refractivity contribution in [2.75, 3.05) is 13.1 Å². The molecule has 0 unspecified atom stereocenters. The van der Waals surface area contributed by atoms with E-state index < -0.39 is 6.09 Å². The number of ether oxygens (including phenoxy) is 1. The van der Waals surface area contributed by atoms with E-state index in [1.807, 2.05) is 77.6 Å². The Kier molecular flexibility index (Phi) is 8.02. The van der Waals surface area contributed by atoms with E-state index in [2.05, 4.69) is 15.7 Å². The zero-order chi connectivity index (χ0) is 21.0. The van der Waals surface area contributed by atoms with Crippen LogP contribution in [0.15, 0.2) is 72.9 Å². The Hall–Kier alpha value is -3.61. The lowest BCUT2D eigenvalue weighted by Gasteiger charge is -2.07. The van der Waals surface area contributed by atoms with Gasteiger partial charge in [-0.3, -0.25) is 4.79 Å². The van der Waals surface area contributed by atoms with Crippen molar-refractivity contribution in [1.29, 1.82) is 0 Å². The quantitative estimate of drug-likeness (QED) is 0.506. The number of alkyl carbamates (subject to hydrolysis) is 1. The molecule has 2 amide bonds. The molecule has 0 aliphatic carbocycles. The number of amides is 2. The minimum absolute atomic E-state index is 0.0445. The summed E-state index contributed by atoms with van der Waals surface area (Å²) in [6.07, 6.45) is 2.99. The van der Waals surface area contributed by atoms with Crippen LogP contribution >= 0.6 is 0 Å². The molecule has 1 aromatic heterocycles. The van der Waals surface area contributed by atoms with Crippen molar-refractivity contribution in [2.45, 2.75) is 25.9 Å². The van der Waals surface area contributed by atoms with Gasteiger partial charge in [-0.1, -0.05) is 48.5 Å². The molecule has 0 spiro atoms. The molecule has 156 valence electrons. The predicted octanol–water partition coefficient (Wildman–Crippen LogP) is 3.24. The van der Waals surface area contributed by atoms with Crippen LogP contribution in [0.1, 0.15) is 24.1 Å². The molecule has 30 heavy (non-hydrogen) atoms. The van der Waals surface area contributed by atoms with E-state index in [0.29, 0.717) is 32.4 Å². The minimum atomic E-state index is -0.478. The van der Waals surface area contributed by atoms with Gasteiger partial charge in [0, 0.05) is 32.1 Å². The highest BCUT2D eigenvalue weighted by Crippen LogP contribution is 2.07. The maximum atomic E-state index is 11.9. The number of carbonyl (C=O) groups is 2. The zero-order valence-corrected chi connectivity index (χ0v) is 16.8. The largest absolute Gasteiger partial charge is 0.445 e. The lowest BCUT2D eigenvalue weighted by Crippen LogP contribution is -2.28. The van der Waals surface area contributed by atoms with E-state index in [-0.39, 0.29) is 12.5 Å². The molecule has 3 rings (SSSR count). The monoisotopic (exact) mass is 406 g/mol. The smallest absolute Gasteiger partial charge is 0.407 e. The van der Waals surface area contributed by atoms with Crippen LogP contribution < -0.4 is 10.6 Å². The highest BCUT2D eigenvalue weighted by atomic mass is 16.5. The molecule has 0 aliphatic rings. The van der Waals surface area contributed by atoms with Crippen LogP contribution in [-0.4, -0.2) is 34.9 Å². The zero-order valence-electron chi connectivity index (χ0n) is 16.8. The Balaban J connectivity index is 1.25. The molecule has 0 atom stereocenters. The molecule has 0 saturated carbocycles. The number of nitrogens with zero attached hydrogens (tertiary/aromatic N) is 2. The summed E-state index contributed by atoms with van der Waals surface area (Å²) in [6, 6.07) is 21.3. The minimum Gasteiger partial charge on any atom is -0.445 e. The number of benzene rings is 2. The van der Waals surface area contributed by atoms with Crippen LogP contribution in [0.5, 0.6) is 0 Å². The molecular formula is C23H26N4O3. The molecular weight excluding hydrogens is 380 g/mol. The second-order valence-electron chi connectivity index (χ2n) is 6.78. The summed E-state index contributed by atoms with van der Waals surface area (Å²) in [7, 11) is 0. The van der Waals surface area contributed by atoms with Crippen LogP contribution in [0.2, 0.25) is 0 Å². The number of rotatable bonds is 10. The number of carbonyl (C=O) groups excluding carboxylic acids is 2. The molecule has 0 fully saturated rings. The first-order chi connectivity index (χ1) is 14.7. The average molecular weight is 406 g/mol. The number of para-hydroxylation sites is 1. The first-order valence-corrected chi connectivity index (χ1v) is 10.0. The second kappa shape index (κ2) is 11.4. The van der Waals surface area contributed by atoms with Gasteiger partial charge in [0.2, 0.25) is 5.91 Å². The van der Waals surface area contributed by atoms with Gasteiger partial charge >= 0.3 is 6.09 Å². The van der Waals surface area contributed by atoms with Crippen LogP contribution in [-0.2, 0) is 22.6 Å². The summed E-state index contributed by atoms with van der Waals surface area (Å²) in [6.45, 7) is 1.15. The van der Waals surface area contributed by atoms with Crippen molar-refractivity contribution in [3.05, 3.63) is 84.2 Å². The van der Waals surface area contributed by atoms with E-state index in [9.17, 15) is 9.59 Å². The van der Waals surface area contributed by atoms with Gasteiger partial charge in [0.05, 0.1) is 11.4 Å². The Labute approximate surface area is 176 Å². The van der Waals surface area contributed by atoms with Gasteiger partial charge < -0.3 is 15.4 Å². The standard InChI is InChI=1S/C23H26N4O3/c28-22(12-7-15-25-23(29)30-18-19-8-3-1-4-9-19)24-16-13-20-14-17-27(26-20)21-10-5-2-6-11-21/h1-6,8-11,14,17H,7,12-13,15-16,18H2,(H,24,28)(H,25,29). The molecule has 7 heteroatoms. The third-order valence-corrected chi connectivity index (χ3v) is 4.43. The summed E-state index contributed by atoms with van der Waals surface area (Å²) in [5.41, 5.74) is 2.85. The summed E-state index contributed by atoms with van der Waals surface area (Å²) < 4.78 is 6.94. The van der Waals surface area contributed by atoms with Gasteiger partial charge in [-0.15, -0.1) is 0 Å². The maximum Gasteiger partial charge on any atom is 0.407 e. The molecule has 0 saturated heterocycles. The molecule has 0 bridgehead atoms. The lowest BCUT2D eigenvalue weighted by atomic mass is 10.2. The number of hydrogen-bond acceptors (Lipinski definition) is 4. The van der Waals surface area contributed by atoms with Crippen molar-refractivity contribution < 1.29 is 14.3 Å². The maximum absolute atomic E-state index is 11.9. The third-order valence-electron chi connectivity index (χ3n) is 4.43. The van der Waals surface area contributed by atoms with Gasteiger partial charge in [-0.2, -0.15) is 5.10 Å². The second-order valence-corrected chi connectivity index (χ2v) is 6.78. The Bertz CT molecular complexity index is 926. The number of aromatic nitrogens is 2. The highest BCUT2D eigenvalue weighted by molar-refractivity contribution is 5.75. The van der Waals surface area contributed by atoms with Gasteiger partial charge in [-0.05, 0) is 30.2 Å². The van der Waals surface area contributed by atoms with Crippen LogP contribution in [0.3, 0.4) is 0 Å². The topological polar surface area (TPSA) is 85.3 Å². The van der Waals surface area contributed by atoms with E-state index in [4.69, 9.17) is 4.74 Å². The predicted molar refractivity (Wildman–Crippen MR) is 114 cm³/mol. The lowest BCUT2D eigenvalue weighted by molar-refractivity contribution is -0.121. The van der Waals surface area contributed by atoms with Crippen LogP contribution in [0.4, 0.5) is 4.79 Å². The van der Waals surface area contributed by atoms with Gasteiger partial charge in [-0.25, -0.2) is 9.48 Å². The first kappa shape index (κ1) is 21.1. The Morgan fingerprint density at radius 1 is 0.900 bits per heavy atom. The Morgan fingerprint density at radius 3 is 2.40 bits per heavy atom. The number of nitrogens with one attached hydrogen (secondary N) is 2. The summed E-state index contributed by atoms with van der Waals surface area (Å²) >= 11 is 0. The first-order valence-electron chi connectivity index (χ1n) is 10.0. The molecule has 0 radical (unpaired) electrons. The van der Waals surface area contributed by atoms with Crippen molar-refractivity contribution in [3.8, 4) is 5.69 Å². The summed E-state index contributed by atoms with van der Waals surface area (Å²) in [4.78, 5) is 23.6. The van der Waals surface area contributed by atoms with E-state index >= 15 is 0 Å². The van der Waals surface area contributed by atoms with Crippen molar-refractivity contribution in [1.82, 2.24) is 20.4 Å². The van der Waals surface area contributed by atoms with E-state index in [1.165, 1.54) is 0 Å². The highest BCUT2D eigenvalue weighted by Gasteiger charge is 2.05. The van der Waals surface area contributed by atoms with E-state index in [1.54, 1.807) is 0 Å².